The predicted octanol–water partition coefficient (Wildman–Crippen LogP) is 8.98. The molecule has 200 valence electrons. The van der Waals surface area contributed by atoms with Gasteiger partial charge in [-0.3, -0.25) is 4.90 Å². The minimum atomic E-state index is 0.761. The molecular weight excluding hydrogens is 486 g/mol. The van der Waals surface area contributed by atoms with Crippen molar-refractivity contribution in [2.24, 2.45) is 0 Å². The quantitative estimate of drug-likeness (QED) is 0.172. The molecule has 1 fully saturated rings. The Morgan fingerprint density at radius 3 is 2.16 bits per heavy atom. The zero-order chi connectivity index (χ0) is 26.0. The highest BCUT2D eigenvalue weighted by Gasteiger charge is 2.15. The molecule has 5 rings (SSSR count). The molecule has 38 heavy (non-hydrogen) atoms. The lowest BCUT2D eigenvalue weighted by molar-refractivity contribution is 0.214. The first-order valence-corrected chi connectivity index (χ1v) is 15.3. The number of hydrogen-bond donors (Lipinski definition) is 0. The molecule has 0 saturated carbocycles. The minimum Gasteiger partial charge on any atom is -0.494 e. The summed E-state index contributed by atoms with van der Waals surface area (Å²) in [7, 11) is 0. The number of unbranched alkanes of at least 4 members (excludes halogenated alkanes) is 2. The average Bonchev–Trinajstić information content (AvgIpc) is 3.11. The third kappa shape index (κ3) is 7.18. The van der Waals surface area contributed by atoms with Gasteiger partial charge in [-0.25, -0.2) is 0 Å². The number of likely N-dealkylation sites (tertiary alicyclic amines) is 1. The summed E-state index contributed by atoms with van der Waals surface area (Å²) < 4.78 is 13.4. The molecule has 2 heterocycles. The van der Waals surface area contributed by atoms with E-state index in [-0.39, 0.29) is 0 Å². The van der Waals surface area contributed by atoms with Crippen LogP contribution in [0.3, 0.4) is 0 Å². The van der Waals surface area contributed by atoms with Gasteiger partial charge in [0, 0.05) is 16.1 Å². The fourth-order valence-electron chi connectivity index (χ4n) is 5.31. The zero-order valence-electron chi connectivity index (χ0n) is 22.8. The number of ether oxygens (including phenoxy) is 2. The summed E-state index contributed by atoms with van der Waals surface area (Å²) in [6, 6.07) is 26.2. The summed E-state index contributed by atoms with van der Waals surface area (Å²) >= 11 is 1.89. The van der Waals surface area contributed by atoms with Crippen LogP contribution in [-0.4, -0.2) is 37.7 Å². The van der Waals surface area contributed by atoms with Gasteiger partial charge in [0.2, 0.25) is 0 Å². The molecule has 1 aromatic heterocycles. The summed E-state index contributed by atoms with van der Waals surface area (Å²) in [6.45, 7) is 7.23. The molecule has 0 radical (unpaired) electrons. The van der Waals surface area contributed by atoms with Gasteiger partial charge in [0.05, 0.1) is 6.61 Å². The summed E-state index contributed by atoms with van der Waals surface area (Å²) in [4.78, 5) is 3.90. The summed E-state index contributed by atoms with van der Waals surface area (Å²) in [5.41, 5.74) is 3.97. The highest BCUT2D eigenvalue weighted by atomic mass is 32.1. The Balaban J connectivity index is 1.25. The number of rotatable bonds is 12. The number of benzene rings is 3. The first-order valence-electron chi connectivity index (χ1n) is 14.5. The van der Waals surface area contributed by atoms with Crippen LogP contribution in [-0.2, 0) is 6.42 Å². The molecule has 4 aromatic rings. The van der Waals surface area contributed by atoms with E-state index in [1.807, 2.05) is 11.3 Å². The van der Waals surface area contributed by atoms with Crippen LogP contribution in [0.5, 0.6) is 11.5 Å². The van der Waals surface area contributed by atoms with E-state index in [0.29, 0.717) is 0 Å². The van der Waals surface area contributed by atoms with Gasteiger partial charge >= 0.3 is 0 Å². The van der Waals surface area contributed by atoms with Crippen LogP contribution < -0.4 is 9.47 Å². The van der Waals surface area contributed by atoms with E-state index in [2.05, 4.69) is 84.6 Å². The molecule has 0 N–H and O–H groups in total. The van der Waals surface area contributed by atoms with Crippen molar-refractivity contribution in [2.45, 2.75) is 58.3 Å². The topological polar surface area (TPSA) is 21.7 Å². The van der Waals surface area contributed by atoms with Crippen molar-refractivity contribution >= 4 is 21.4 Å². The molecule has 0 bridgehead atoms. The zero-order valence-corrected chi connectivity index (χ0v) is 23.6. The maximum Gasteiger partial charge on any atom is 0.119 e. The van der Waals surface area contributed by atoms with Crippen molar-refractivity contribution in [1.82, 2.24) is 4.90 Å². The number of hydrogen-bond acceptors (Lipinski definition) is 4. The van der Waals surface area contributed by atoms with E-state index in [0.717, 1.165) is 44.1 Å². The van der Waals surface area contributed by atoms with E-state index in [1.54, 1.807) is 0 Å². The van der Waals surface area contributed by atoms with E-state index in [9.17, 15) is 0 Å². The number of fused-ring (bicyclic) bond motifs is 1. The summed E-state index contributed by atoms with van der Waals surface area (Å²) in [5, 5.41) is 1.35. The fourth-order valence-corrected chi connectivity index (χ4v) is 6.54. The third-order valence-corrected chi connectivity index (χ3v) is 8.77. The van der Waals surface area contributed by atoms with Crippen LogP contribution in [0.1, 0.15) is 63.0 Å². The molecule has 0 spiro atoms. The molecule has 3 aromatic carbocycles. The molecule has 3 nitrogen and oxygen atoms in total. The summed E-state index contributed by atoms with van der Waals surface area (Å²) in [5.74, 6) is 1.92. The maximum absolute atomic E-state index is 6.10. The van der Waals surface area contributed by atoms with Crippen molar-refractivity contribution < 1.29 is 9.47 Å². The molecule has 0 unspecified atom stereocenters. The molecular formula is C34H41NO2S. The number of nitrogens with zero attached hydrogens (tertiary/aromatic N) is 1. The minimum absolute atomic E-state index is 0.761. The maximum atomic E-state index is 6.10. The lowest BCUT2D eigenvalue weighted by atomic mass is 9.99. The van der Waals surface area contributed by atoms with Gasteiger partial charge in [-0.05, 0) is 103 Å². The second-order valence-electron chi connectivity index (χ2n) is 10.4. The molecule has 1 saturated heterocycles. The van der Waals surface area contributed by atoms with Gasteiger partial charge in [-0.2, -0.15) is 0 Å². The molecule has 1 aliphatic heterocycles. The second kappa shape index (κ2) is 13.8. The Kier molecular flexibility index (Phi) is 9.74. The highest BCUT2D eigenvalue weighted by molar-refractivity contribution is 7.22. The molecule has 1 aliphatic rings. The first kappa shape index (κ1) is 26.8. The monoisotopic (exact) mass is 527 g/mol. The van der Waals surface area contributed by atoms with Crippen molar-refractivity contribution in [3.63, 3.8) is 0 Å². The van der Waals surface area contributed by atoms with Gasteiger partial charge in [0.1, 0.15) is 18.1 Å². The standard InChI is InChI=1S/C34H41NO2S/c1-2-3-10-24-36-30-19-15-28(16-20-30)34-32(31-11-6-7-12-33(31)38-34)26-27-13-17-29(18-14-27)37-25-23-35-21-8-4-5-9-22-35/h6-7,11-20H,2-5,8-10,21-26H2,1H3. The Labute approximate surface area is 232 Å². The van der Waals surface area contributed by atoms with E-state index < -0.39 is 0 Å². The largest absolute Gasteiger partial charge is 0.494 e. The van der Waals surface area contributed by atoms with Crippen LogP contribution >= 0.6 is 11.3 Å². The van der Waals surface area contributed by atoms with Gasteiger partial charge in [-0.1, -0.05) is 62.9 Å². The highest BCUT2D eigenvalue weighted by Crippen LogP contribution is 2.40. The Hall–Kier alpha value is -2.82. The van der Waals surface area contributed by atoms with Crippen molar-refractivity contribution in [3.8, 4) is 21.9 Å². The second-order valence-corrected chi connectivity index (χ2v) is 11.5. The molecule has 4 heteroatoms. The summed E-state index contributed by atoms with van der Waals surface area (Å²) in [6.07, 6.45) is 9.84. The van der Waals surface area contributed by atoms with Gasteiger partial charge in [-0.15, -0.1) is 11.3 Å². The van der Waals surface area contributed by atoms with Gasteiger partial charge in [0.15, 0.2) is 0 Å². The molecule has 0 atom stereocenters. The van der Waals surface area contributed by atoms with E-state index in [4.69, 9.17) is 9.47 Å². The van der Waals surface area contributed by atoms with Gasteiger partial charge in [0.25, 0.3) is 0 Å². The molecule has 0 aliphatic carbocycles. The van der Waals surface area contributed by atoms with Crippen LogP contribution in [0.4, 0.5) is 0 Å². The van der Waals surface area contributed by atoms with E-state index >= 15 is 0 Å². The average molecular weight is 528 g/mol. The fraction of sp³-hybridized carbons (Fsp3) is 0.412. The smallest absolute Gasteiger partial charge is 0.119 e. The number of thiophene rings is 1. The SMILES string of the molecule is CCCCCOc1ccc(-c2sc3ccccc3c2Cc2ccc(OCCN3CCCCCC3)cc2)cc1. The Bertz CT molecular complexity index is 1250. The normalized spacial score (nSPS) is 14.4. The van der Waals surface area contributed by atoms with Crippen molar-refractivity contribution in [2.75, 3.05) is 32.8 Å². The van der Waals surface area contributed by atoms with E-state index in [1.165, 1.54) is 83.3 Å². The predicted molar refractivity (Wildman–Crippen MR) is 162 cm³/mol. The van der Waals surface area contributed by atoms with Crippen molar-refractivity contribution in [3.05, 3.63) is 83.9 Å². The molecule has 0 amide bonds. The lowest BCUT2D eigenvalue weighted by Crippen LogP contribution is -2.29. The lowest BCUT2D eigenvalue weighted by Gasteiger charge is -2.19. The van der Waals surface area contributed by atoms with Crippen LogP contribution in [0, 0.1) is 0 Å². The Morgan fingerprint density at radius 1 is 0.737 bits per heavy atom. The first-order chi connectivity index (χ1) is 18.8. The Morgan fingerprint density at radius 2 is 1.42 bits per heavy atom. The van der Waals surface area contributed by atoms with Crippen LogP contribution in [0.2, 0.25) is 0 Å². The third-order valence-electron chi connectivity index (χ3n) is 7.51. The van der Waals surface area contributed by atoms with Gasteiger partial charge < -0.3 is 9.47 Å². The van der Waals surface area contributed by atoms with Crippen LogP contribution in [0.15, 0.2) is 72.8 Å². The van der Waals surface area contributed by atoms with Crippen molar-refractivity contribution in [1.29, 1.82) is 0 Å². The van der Waals surface area contributed by atoms with Crippen LogP contribution in [0.25, 0.3) is 20.5 Å².